The van der Waals surface area contributed by atoms with E-state index in [1.54, 1.807) is 0 Å². The van der Waals surface area contributed by atoms with E-state index in [-0.39, 0.29) is 11.9 Å². The van der Waals surface area contributed by atoms with E-state index in [0.29, 0.717) is 32.0 Å². The third-order valence-electron chi connectivity index (χ3n) is 4.33. The standard InChI is InChI=1S/C16H18N2O2/c17-11-16(6-8-20-9-7-16)15(19)18-14-10-13(14)12-4-2-1-3-5-12/h1-5,13-14H,6-10H2,(H,18,19). The fraction of sp³-hybridized carbons (Fsp3) is 0.500. The molecule has 1 aromatic rings. The minimum Gasteiger partial charge on any atom is -0.381 e. The van der Waals surface area contributed by atoms with Crippen LogP contribution in [0.4, 0.5) is 0 Å². The van der Waals surface area contributed by atoms with Crippen LogP contribution in [0.3, 0.4) is 0 Å². The number of amides is 1. The minimum absolute atomic E-state index is 0.119. The molecule has 2 aliphatic rings. The van der Waals surface area contributed by atoms with E-state index >= 15 is 0 Å². The summed E-state index contributed by atoms with van der Waals surface area (Å²) in [6.07, 6.45) is 1.96. The molecule has 1 aliphatic carbocycles. The van der Waals surface area contributed by atoms with E-state index < -0.39 is 5.41 Å². The Hall–Kier alpha value is -1.86. The third kappa shape index (κ3) is 2.41. The van der Waals surface area contributed by atoms with E-state index in [2.05, 4.69) is 23.5 Å². The lowest BCUT2D eigenvalue weighted by Gasteiger charge is -2.29. The highest BCUT2D eigenvalue weighted by atomic mass is 16.5. The number of hydrogen-bond donors (Lipinski definition) is 1. The molecule has 104 valence electrons. The molecule has 1 aromatic carbocycles. The number of nitriles is 1. The first-order valence-corrected chi connectivity index (χ1v) is 7.10. The van der Waals surface area contributed by atoms with Crippen LogP contribution < -0.4 is 5.32 Å². The number of ether oxygens (including phenoxy) is 1. The van der Waals surface area contributed by atoms with Crippen LogP contribution in [0, 0.1) is 16.7 Å². The van der Waals surface area contributed by atoms with E-state index in [1.165, 1.54) is 5.56 Å². The number of hydrogen-bond acceptors (Lipinski definition) is 3. The van der Waals surface area contributed by atoms with Gasteiger partial charge in [-0.25, -0.2) is 0 Å². The van der Waals surface area contributed by atoms with Gasteiger partial charge in [-0.2, -0.15) is 5.26 Å². The van der Waals surface area contributed by atoms with Crippen LogP contribution in [0.15, 0.2) is 30.3 Å². The molecule has 2 fully saturated rings. The van der Waals surface area contributed by atoms with Gasteiger partial charge in [0.15, 0.2) is 0 Å². The predicted octanol–water partition coefficient (Wildman–Crippen LogP) is 1.98. The molecule has 1 saturated carbocycles. The van der Waals surface area contributed by atoms with Crippen molar-refractivity contribution in [2.75, 3.05) is 13.2 Å². The van der Waals surface area contributed by atoms with Crippen LogP contribution >= 0.6 is 0 Å². The Morgan fingerprint density at radius 1 is 1.30 bits per heavy atom. The van der Waals surface area contributed by atoms with Crippen LogP contribution in [0.1, 0.15) is 30.7 Å². The summed E-state index contributed by atoms with van der Waals surface area (Å²) in [6, 6.07) is 12.6. The van der Waals surface area contributed by atoms with Crippen molar-refractivity contribution >= 4 is 5.91 Å². The Kier molecular flexibility index (Phi) is 3.45. The summed E-state index contributed by atoms with van der Waals surface area (Å²) >= 11 is 0. The van der Waals surface area contributed by atoms with Gasteiger partial charge in [0.05, 0.1) is 6.07 Å². The zero-order valence-corrected chi connectivity index (χ0v) is 11.3. The van der Waals surface area contributed by atoms with Crippen molar-refractivity contribution < 1.29 is 9.53 Å². The molecule has 1 saturated heterocycles. The lowest BCUT2D eigenvalue weighted by molar-refractivity contribution is -0.132. The van der Waals surface area contributed by atoms with Gasteiger partial charge in [-0.05, 0) is 24.8 Å². The van der Waals surface area contributed by atoms with Gasteiger partial charge in [0, 0.05) is 25.2 Å². The highest BCUT2D eigenvalue weighted by Gasteiger charge is 2.46. The van der Waals surface area contributed by atoms with E-state index in [4.69, 9.17) is 4.74 Å². The van der Waals surface area contributed by atoms with E-state index in [0.717, 1.165) is 6.42 Å². The molecular weight excluding hydrogens is 252 g/mol. The van der Waals surface area contributed by atoms with Crippen molar-refractivity contribution in [1.82, 2.24) is 5.32 Å². The second kappa shape index (κ2) is 5.26. The maximum Gasteiger partial charge on any atom is 0.240 e. The molecule has 4 nitrogen and oxygen atoms in total. The van der Waals surface area contributed by atoms with Crippen molar-refractivity contribution in [3.05, 3.63) is 35.9 Å². The SMILES string of the molecule is N#CC1(C(=O)NC2CC2c2ccccc2)CCOCC1. The summed E-state index contributed by atoms with van der Waals surface area (Å²) in [5.74, 6) is 0.280. The zero-order valence-electron chi connectivity index (χ0n) is 11.3. The highest BCUT2D eigenvalue weighted by molar-refractivity contribution is 5.86. The molecule has 1 heterocycles. The summed E-state index contributed by atoms with van der Waals surface area (Å²) in [5, 5.41) is 12.4. The molecular formula is C16H18N2O2. The molecule has 1 N–H and O–H groups in total. The quantitative estimate of drug-likeness (QED) is 0.913. The molecule has 4 heteroatoms. The van der Waals surface area contributed by atoms with Gasteiger partial charge in [-0.15, -0.1) is 0 Å². The van der Waals surface area contributed by atoms with E-state index in [1.807, 2.05) is 18.2 Å². The summed E-state index contributed by atoms with van der Waals surface area (Å²) in [7, 11) is 0. The van der Waals surface area contributed by atoms with Crippen LogP contribution in [-0.2, 0) is 9.53 Å². The van der Waals surface area contributed by atoms with Gasteiger partial charge in [0.2, 0.25) is 5.91 Å². The third-order valence-corrected chi connectivity index (χ3v) is 4.33. The van der Waals surface area contributed by atoms with Crippen LogP contribution in [0.25, 0.3) is 0 Å². The summed E-state index contributed by atoms with van der Waals surface area (Å²) in [6.45, 7) is 0.988. The largest absolute Gasteiger partial charge is 0.381 e. The molecule has 1 amide bonds. The second-order valence-corrected chi connectivity index (χ2v) is 5.64. The normalized spacial score (nSPS) is 27.4. The van der Waals surface area contributed by atoms with Crippen molar-refractivity contribution in [1.29, 1.82) is 5.26 Å². The molecule has 2 unspecified atom stereocenters. The molecule has 0 radical (unpaired) electrons. The lowest BCUT2D eigenvalue weighted by Crippen LogP contribution is -2.44. The zero-order chi connectivity index (χ0) is 14.0. The van der Waals surface area contributed by atoms with Gasteiger partial charge < -0.3 is 10.1 Å². The van der Waals surface area contributed by atoms with Crippen LogP contribution in [0.2, 0.25) is 0 Å². The maximum atomic E-state index is 12.4. The number of nitrogens with one attached hydrogen (secondary N) is 1. The van der Waals surface area contributed by atoms with Gasteiger partial charge in [0.25, 0.3) is 0 Å². The monoisotopic (exact) mass is 270 g/mol. The fourth-order valence-corrected chi connectivity index (χ4v) is 2.84. The van der Waals surface area contributed by atoms with Gasteiger partial charge in [-0.1, -0.05) is 30.3 Å². The number of benzene rings is 1. The number of carbonyl (C=O) groups excluding carboxylic acids is 1. The average molecular weight is 270 g/mol. The molecule has 0 bridgehead atoms. The molecule has 0 spiro atoms. The Balaban J connectivity index is 1.62. The van der Waals surface area contributed by atoms with Gasteiger partial charge >= 0.3 is 0 Å². The Morgan fingerprint density at radius 3 is 2.65 bits per heavy atom. The molecule has 3 rings (SSSR count). The first-order valence-electron chi connectivity index (χ1n) is 7.10. The van der Waals surface area contributed by atoms with Crippen LogP contribution in [0.5, 0.6) is 0 Å². The van der Waals surface area contributed by atoms with E-state index in [9.17, 15) is 10.1 Å². The van der Waals surface area contributed by atoms with Crippen LogP contribution in [-0.4, -0.2) is 25.2 Å². The number of nitrogens with zero attached hydrogens (tertiary/aromatic N) is 1. The van der Waals surface area contributed by atoms with Gasteiger partial charge in [-0.3, -0.25) is 4.79 Å². The van der Waals surface area contributed by atoms with Crippen molar-refractivity contribution in [3.8, 4) is 6.07 Å². The highest BCUT2D eigenvalue weighted by Crippen LogP contribution is 2.41. The molecule has 20 heavy (non-hydrogen) atoms. The lowest BCUT2D eigenvalue weighted by atomic mass is 9.81. The fourth-order valence-electron chi connectivity index (χ4n) is 2.84. The first kappa shape index (κ1) is 13.1. The molecule has 2 atom stereocenters. The van der Waals surface area contributed by atoms with Crippen molar-refractivity contribution in [2.24, 2.45) is 5.41 Å². The van der Waals surface area contributed by atoms with Crippen molar-refractivity contribution in [3.63, 3.8) is 0 Å². The summed E-state index contributed by atoms with van der Waals surface area (Å²) in [5.41, 5.74) is 0.373. The Labute approximate surface area is 118 Å². The first-order chi connectivity index (χ1) is 9.75. The smallest absolute Gasteiger partial charge is 0.240 e. The Morgan fingerprint density at radius 2 is 2.00 bits per heavy atom. The van der Waals surface area contributed by atoms with Gasteiger partial charge in [0.1, 0.15) is 5.41 Å². The molecule has 1 aliphatic heterocycles. The maximum absolute atomic E-state index is 12.4. The topological polar surface area (TPSA) is 62.1 Å². The Bertz CT molecular complexity index is 529. The second-order valence-electron chi connectivity index (χ2n) is 5.64. The minimum atomic E-state index is -0.887. The summed E-state index contributed by atoms with van der Waals surface area (Å²) in [4.78, 5) is 12.4. The predicted molar refractivity (Wildman–Crippen MR) is 73.8 cm³/mol. The number of rotatable bonds is 3. The molecule has 0 aromatic heterocycles. The average Bonchev–Trinajstić information content (AvgIpc) is 3.28. The van der Waals surface area contributed by atoms with Crippen molar-refractivity contribution in [2.45, 2.75) is 31.2 Å². The number of carbonyl (C=O) groups is 1. The summed E-state index contributed by atoms with van der Waals surface area (Å²) < 4.78 is 5.26.